The predicted molar refractivity (Wildman–Crippen MR) is 134 cm³/mol. The van der Waals surface area contributed by atoms with Crippen LogP contribution in [0.1, 0.15) is 89.6 Å². The van der Waals surface area contributed by atoms with Crippen molar-refractivity contribution in [1.82, 2.24) is 19.4 Å². The summed E-state index contributed by atoms with van der Waals surface area (Å²) in [6.45, 7) is 2.15. The molecule has 1 N–H and O–H groups in total. The first-order valence-corrected chi connectivity index (χ1v) is 13.8. The van der Waals surface area contributed by atoms with Crippen LogP contribution in [-0.2, 0) is 4.79 Å². The fourth-order valence-corrected chi connectivity index (χ4v) is 6.37. The van der Waals surface area contributed by atoms with Gasteiger partial charge in [0.2, 0.25) is 5.91 Å². The minimum absolute atomic E-state index is 0.0376. The maximum Gasteiger partial charge on any atom is 0.333 e. The normalized spacial score (nSPS) is 21.6. The van der Waals surface area contributed by atoms with Crippen molar-refractivity contribution >= 4 is 28.7 Å². The van der Waals surface area contributed by atoms with E-state index in [1.54, 1.807) is 4.57 Å². The van der Waals surface area contributed by atoms with Gasteiger partial charge in [-0.3, -0.25) is 18.7 Å². The Morgan fingerprint density at radius 1 is 1.06 bits per heavy atom. The molecule has 1 aliphatic heterocycles. The first-order valence-electron chi connectivity index (χ1n) is 12.7. The molecule has 1 saturated heterocycles. The molecule has 4 rings (SSSR count). The molecule has 7 nitrogen and oxygen atoms in total. The number of hydrogen-bond donors (Lipinski definition) is 1. The van der Waals surface area contributed by atoms with Gasteiger partial charge in [-0.25, -0.2) is 14.2 Å². The number of carbonyl (C=O) groups is 1. The number of unbranched alkanes of at least 4 members (excludes halogenated alkanes) is 3. The number of nitrogens with one attached hydrogen (secondary N) is 1. The van der Waals surface area contributed by atoms with Crippen molar-refractivity contribution < 1.29 is 9.18 Å². The summed E-state index contributed by atoms with van der Waals surface area (Å²) in [7, 11) is 0. The number of pyridine rings is 1. The average molecular weight is 491 g/mol. The Kier molecular flexibility index (Phi) is 8.45. The summed E-state index contributed by atoms with van der Waals surface area (Å²) in [5.41, 5.74) is -0.512. The average Bonchev–Trinajstić information content (AvgIpc) is 2.84. The van der Waals surface area contributed by atoms with Gasteiger partial charge in [0.05, 0.1) is 11.6 Å². The molecule has 0 aromatic carbocycles. The lowest BCUT2D eigenvalue weighted by molar-refractivity contribution is -0.122. The third-order valence-electron chi connectivity index (χ3n) is 7.16. The third-order valence-corrected chi connectivity index (χ3v) is 8.21. The summed E-state index contributed by atoms with van der Waals surface area (Å²) >= 11 is 1.86. The molecule has 2 fully saturated rings. The van der Waals surface area contributed by atoms with Gasteiger partial charge in [0.1, 0.15) is 11.5 Å². The van der Waals surface area contributed by atoms with Crippen molar-refractivity contribution in [2.45, 2.75) is 95.7 Å². The number of fused-ring (bicyclic) bond motifs is 1. The lowest BCUT2D eigenvalue weighted by Crippen LogP contribution is -2.46. The number of halogens is 1. The number of amides is 1. The first kappa shape index (κ1) is 24.9. The quantitative estimate of drug-likeness (QED) is 0.557. The van der Waals surface area contributed by atoms with Crippen LogP contribution in [0.2, 0.25) is 0 Å². The monoisotopic (exact) mass is 490 g/mol. The molecule has 34 heavy (non-hydrogen) atoms. The summed E-state index contributed by atoms with van der Waals surface area (Å²) in [5.74, 6) is 1.40. The number of nitrogens with zero attached hydrogens (tertiary/aromatic N) is 3. The summed E-state index contributed by atoms with van der Waals surface area (Å²) < 4.78 is 17.0. The fraction of sp³-hybridized carbons (Fsp3) is 0.680. The fourth-order valence-electron chi connectivity index (χ4n) is 5.29. The van der Waals surface area contributed by atoms with Crippen LogP contribution in [0.4, 0.5) is 4.39 Å². The molecule has 2 aromatic rings. The first-order chi connectivity index (χ1) is 16.5. The highest BCUT2D eigenvalue weighted by Gasteiger charge is 2.29. The SMILES string of the molecule is CCCCCCC(=O)NC1CCC(n2c(=O)c3cc(F)cnc3n(C3CCSCC3)c2=O)CC1. The lowest BCUT2D eigenvalue weighted by atomic mass is 9.90. The molecule has 1 aliphatic carbocycles. The Labute approximate surface area is 203 Å². The Hall–Kier alpha value is -2.16. The van der Waals surface area contributed by atoms with Gasteiger partial charge in [0, 0.05) is 24.5 Å². The van der Waals surface area contributed by atoms with Crippen LogP contribution in [0.25, 0.3) is 11.0 Å². The molecular weight excluding hydrogens is 455 g/mol. The number of hydrogen-bond acceptors (Lipinski definition) is 5. The van der Waals surface area contributed by atoms with Crippen molar-refractivity contribution in [1.29, 1.82) is 0 Å². The summed E-state index contributed by atoms with van der Waals surface area (Å²) in [5, 5.41) is 3.29. The van der Waals surface area contributed by atoms with Gasteiger partial charge in [-0.15, -0.1) is 0 Å². The van der Waals surface area contributed by atoms with Crippen molar-refractivity contribution in [3.05, 3.63) is 38.9 Å². The topological polar surface area (TPSA) is 86.0 Å². The zero-order valence-corrected chi connectivity index (χ0v) is 20.7. The van der Waals surface area contributed by atoms with E-state index in [4.69, 9.17) is 0 Å². The molecular formula is C25H35FN4O3S. The zero-order valence-electron chi connectivity index (χ0n) is 19.9. The molecule has 2 aliphatic rings. The molecule has 0 radical (unpaired) electrons. The van der Waals surface area contributed by atoms with Crippen LogP contribution in [0.3, 0.4) is 0 Å². The van der Waals surface area contributed by atoms with E-state index in [1.807, 2.05) is 11.8 Å². The molecule has 2 aromatic heterocycles. The van der Waals surface area contributed by atoms with Crippen LogP contribution in [0, 0.1) is 5.82 Å². The van der Waals surface area contributed by atoms with Gasteiger partial charge >= 0.3 is 5.69 Å². The van der Waals surface area contributed by atoms with Crippen LogP contribution in [0.15, 0.2) is 21.9 Å². The Morgan fingerprint density at radius 2 is 1.76 bits per heavy atom. The minimum Gasteiger partial charge on any atom is -0.353 e. The van der Waals surface area contributed by atoms with E-state index in [-0.39, 0.29) is 40.8 Å². The molecule has 9 heteroatoms. The van der Waals surface area contributed by atoms with Crippen LogP contribution in [0.5, 0.6) is 0 Å². The highest BCUT2D eigenvalue weighted by atomic mass is 32.2. The number of carbonyl (C=O) groups excluding carboxylic acids is 1. The van der Waals surface area contributed by atoms with Crippen molar-refractivity contribution in [3.63, 3.8) is 0 Å². The highest BCUT2D eigenvalue weighted by molar-refractivity contribution is 7.99. The number of thioether (sulfide) groups is 1. The lowest BCUT2D eigenvalue weighted by Gasteiger charge is -2.31. The van der Waals surface area contributed by atoms with Crippen LogP contribution < -0.4 is 16.6 Å². The molecule has 0 bridgehead atoms. The van der Waals surface area contributed by atoms with Crippen molar-refractivity contribution in [2.75, 3.05) is 11.5 Å². The van der Waals surface area contributed by atoms with Gasteiger partial charge in [-0.1, -0.05) is 26.2 Å². The van der Waals surface area contributed by atoms with E-state index in [0.29, 0.717) is 19.3 Å². The van der Waals surface area contributed by atoms with Crippen LogP contribution in [-0.4, -0.2) is 37.6 Å². The highest BCUT2D eigenvalue weighted by Crippen LogP contribution is 2.30. The van der Waals surface area contributed by atoms with Crippen LogP contribution >= 0.6 is 11.8 Å². The summed E-state index contributed by atoms with van der Waals surface area (Å²) in [4.78, 5) is 43.4. The largest absolute Gasteiger partial charge is 0.353 e. The van der Waals surface area contributed by atoms with E-state index in [1.165, 1.54) is 10.6 Å². The van der Waals surface area contributed by atoms with E-state index in [2.05, 4.69) is 17.2 Å². The minimum atomic E-state index is -0.578. The molecule has 0 spiro atoms. The standard InChI is InChI=1S/C25H35FN4O3S/c1-2-3-4-5-6-22(31)28-18-7-9-19(10-8-18)30-24(32)21-15-17(26)16-27-23(21)29(25(30)33)20-11-13-34-14-12-20/h15-16,18-20H,2-14H2,1H3,(H,28,31). The van der Waals surface area contributed by atoms with E-state index < -0.39 is 11.4 Å². The second-order valence-corrected chi connectivity index (χ2v) is 10.8. The summed E-state index contributed by atoms with van der Waals surface area (Å²) in [6, 6.07) is 0.987. The smallest absolute Gasteiger partial charge is 0.333 e. The van der Waals surface area contributed by atoms with Gasteiger partial charge < -0.3 is 5.32 Å². The molecule has 3 heterocycles. The van der Waals surface area contributed by atoms with Gasteiger partial charge in [-0.2, -0.15) is 11.8 Å². The summed E-state index contributed by atoms with van der Waals surface area (Å²) in [6.07, 6.45) is 10.3. The Morgan fingerprint density at radius 3 is 2.47 bits per heavy atom. The Bertz CT molecular complexity index is 1120. The second kappa shape index (κ2) is 11.5. The molecule has 1 amide bonds. The molecule has 0 atom stereocenters. The second-order valence-electron chi connectivity index (χ2n) is 9.58. The molecule has 186 valence electrons. The van der Waals surface area contributed by atoms with E-state index in [9.17, 15) is 18.8 Å². The predicted octanol–water partition coefficient (Wildman–Crippen LogP) is 4.34. The van der Waals surface area contributed by atoms with Gasteiger partial charge in [0.25, 0.3) is 5.56 Å². The maximum absolute atomic E-state index is 14.0. The van der Waals surface area contributed by atoms with E-state index >= 15 is 0 Å². The molecule has 1 saturated carbocycles. The number of rotatable bonds is 8. The molecule has 0 unspecified atom stereocenters. The van der Waals surface area contributed by atoms with Gasteiger partial charge in [0.15, 0.2) is 0 Å². The van der Waals surface area contributed by atoms with Gasteiger partial charge in [-0.05, 0) is 62.5 Å². The Balaban J connectivity index is 1.54. The third kappa shape index (κ3) is 5.56. The van der Waals surface area contributed by atoms with Crippen molar-refractivity contribution in [3.8, 4) is 0 Å². The van der Waals surface area contributed by atoms with E-state index in [0.717, 1.165) is 69.1 Å². The zero-order chi connectivity index (χ0) is 24.1. The maximum atomic E-state index is 14.0. The number of aromatic nitrogens is 3. The van der Waals surface area contributed by atoms with Crippen molar-refractivity contribution in [2.24, 2.45) is 0 Å².